The van der Waals surface area contributed by atoms with Gasteiger partial charge in [-0.3, -0.25) is 5.43 Å². The Kier molecular flexibility index (Phi) is 3.91. The van der Waals surface area contributed by atoms with Crippen LogP contribution in [0.2, 0.25) is 0 Å². The van der Waals surface area contributed by atoms with Crippen molar-refractivity contribution in [1.82, 2.24) is 19.8 Å². The normalized spacial score (nSPS) is 11.2. The third-order valence-corrected chi connectivity index (χ3v) is 3.69. The van der Waals surface area contributed by atoms with E-state index in [-0.39, 0.29) is 11.5 Å². The quantitative estimate of drug-likeness (QED) is 0.298. The Morgan fingerprint density at radius 2 is 1.77 bits per heavy atom. The lowest BCUT2D eigenvalue weighted by Crippen LogP contribution is -2.00. The molecule has 128 valence electrons. The SMILES string of the molecule is Oc1ccc(/C=N/Nc2ccc3nnc(-c4ccccc4)n3n2)cc1O. The molecule has 2 aromatic carbocycles. The molecule has 26 heavy (non-hydrogen) atoms. The summed E-state index contributed by atoms with van der Waals surface area (Å²) in [5.41, 5.74) is 4.99. The molecule has 0 atom stereocenters. The zero-order valence-corrected chi connectivity index (χ0v) is 13.5. The van der Waals surface area contributed by atoms with Crippen LogP contribution >= 0.6 is 0 Å². The maximum Gasteiger partial charge on any atom is 0.185 e. The monoisotopic (exact) mass is 346 g/mol. The zero-order chi connectivity index (χ0) is 17.9. The van der Waals surface area contributed by atoms with Gasteiger partial charge in [0.15, 0.2) is 28.8 Å². The summed E-state index contributed by atoms with van der Waals surface area (Å²) in [6.07, 6.45) is 1.51. The van der Waals surface area contributed by atoms with Crippen LogP contribution in [0.1, 0.15) is 5.56 Å². The van der Waals surface area contributed by atoms with Gasteiger partial charge >= 0.3 is 0 Å². The molecule has 0 spiro atoms. The van der Waals surface area contributed by atoms with E-state index < -0.39 is 0 Å². The molecular weight excluding hydrogens is 332 g/mol. The van der Waals surface area contributed by atoms with Crippen molar-refractivity contribution in [3.05, 3.63) is 66.2 Å². The van der Waals surface area contributed by atoms with Gasteiger partial charge in [-0.1, -0.05) is 30.3 Å². The van der Waals surface area contributed by atoms with E-state index in [0.29, 0.717) is 22.9 Å². The molecule has 0 saturated carbocycles. The fourth-order valence-corrected chi connectivity index (χ4v) is 2.41. The number of nitrogens with zero attached hydrogens (tertiary/aromatic N) is 5. The van der Waals surface area contributed by atoms with E-state index in [4.69, 9.17) is 0 Å². The number of anilines is 1. The number of hydrogen-bond donors (Lipinski definition) is 3. The predicted octanol–water partition coefficient (Wildman–Crippen LogP) is 2.65. The fourth-order valence-electron chi connectivity index (χ4n) is 2.41. The van der Waals surface area contributed by atoms with Crippen molar-refractivity contribution in [1.29, 1.82) is 0 Å². The number of hydrogen-bond acceptors (Lipinski definition) is 7. The molecule has 0 bridgehead atoms. The lowest BCUT2D eigenvalue weighted by Gasteiger charge is -2.02. The minimum absolute atomic E-state index is 0.178. The van der Waals surface area contributed by atoms with Gasteiger partial charge in [0.25, 0.3) is 0 Å². The number of nitrogens with one attached hydrogen (secondary N) is 1. The summed E-state index contributed by atoms with van der Waals surface area (Å²) >= 11 is 0. The standard InChI is InChI=1S/C18H14N6O2/c25-14-7-6-12(10-15(14)26)11-19-20-16-8-9-17-21-22-18(24(17)23-16)13-4-2-1-3-5-13/h1-11,25-26H,(H,20,23)/b19-11+. The van der Waals surface area contributed by atoms with Crippen LogP contribution in [0.5, 0.6) is 11.5 Å². The lowest BCUT2D eigenvalue weighted by molar-refractivity contribution is 0.403. The van der Waals surface area contributed by atoms with E-state index in [1.807, 2.05) is 30.3 Å². The van der Waals surface area contributed by atoms with Gasteiger partial charge in [-0.25, -0.2) is 0 Å². The van der Waals surface area contributed by atoms with Crippen molar-refractivity contribution >= 4 is 17.7 Å². The first-order valence-electron chi connectivity index (χ1n) is 7.80. The molecule has 4 aromatic rings. The Morgan fingerprint density at radius 1 is 0.923 bits per heavy atom. The molecule has 3 N–H and O–H groups in total. The van der Waals surface area contributed by atoms with Gasteiger partial charge < -0.3 is 10.2 Å². The Morgan fingerprint density at radius 3 is 2.58 bits per heavy atom. The van der Waals surface area contributed by atoms with Crippen molar-refractivity contribution in [2.45, 2.75) is 0 Å². The number of hydrazone groups is 1. The van der Waals surface area contributed by atoms with Crippen molar-refractivity contribution in [2.75, 3.05) is 5.43 Å². The minimum Gasteiger partial charge on any atom is -0.504 e. The first-order valence-corrected chi connectivity index (χ1v) is 7.80. The molecule has 0 aliphatic carbocycles. The molecule has 0 aliphatic heterocycles. The zero-order valence-electron chi connectivity index (χ0n) is 13.5. The molecule has 0 unspecified atom stereocenters. The smallest absolute Gasteiger partial charge is 0.185 e. The maximum absolute atomic E-state index is 9.49. The van der Waals surface area contributed by atoms with Crippen LogP contribution in [-0.2, 0) is 0 Å². The summed E-state index contributed by atoms with van der Waals surface area (Å²) < 4.78 is 1.64. The van der Waals surface area contributed by atoms with Crippen LogP contribution in [0.3, 0.4) is 0 Å². The van der Waals surface area contributed by atoms with E-state index >= 15 is 0 Å². The molecule has 8 nitrogen and oxygen atoms in total. The maximum atomic E-state index is 9.49. The summed E-state index contributed by atoms with van der Waals surface area (Å²) in [7, 11) is 0. The molecule has 0 aliphatic rings. The number of aromatic nitrogens is 4. The second-order valence-electron chi connectivity index (χ2n) is 5.50. The molecule has 0 saturated heterocycles. The summed E-state index contributed by atoms with van der Waals surface area (Å²) in [5, 5.41) is 35.6. The molecule has 2 heterocycles. The van der Waals surface area contributed by atoms with Crippen molar-refractivity contribution in [3.8, 4) is 22.9 Å². The van der Waals surface area contributed by atoms with E-state index in [9.17, 15) is 10.2 Å². The lowest BCUT2D eigenvalue weighted by atomic mass is 10.2. The molecule has 4 rings (SSSR count). The average Bonchev–Trinajstić information content (AvgIpc) is 3.09. The first kappa shape index (κ1) is 15.6. The van der Waals surface area contributed by atoms with Crippen LogP contribution in [0, 0.1) is 0 Å². The van der Waals surface area contributed by atoms with Crippen LogP contribution in [0.15, 0.2) is 65.8 Å². The minimum atomic E-state index is -0.203. The number of phenolic OH excluding ortho intramolecular Hbond substituents is 2. The summed E-state index contributed by atoms with van der Waals surface area (Å²) in [6.45, 7) is 0. The summed E-state index contributed by atoms with van der Waals surface area (Å²) in [5.74, 6) is 0.763. The third kappa shape index (κ3) is 3.03. The molecule has 0 radical (unpaired) electrons. The second kappa shape index (κ2) is 6.52. The number of aromatic hydroxyl groups is 2. The average molecular weight is 346 g/mol. The molecular formula is C18H14N6O2. The largest absolute Gasteiger partial charge is 0.504 e. The van der Waals surface area contributed by atoms with E-state index in [0.717, 1.165) is 5.56 Å². The number of fused-ring (bicyclic) bond motifs is 1. The highest BCUT2D eigenvalue weighted by molar-refractivity contribution is 5.81. The highest BCUT2D eigenvalue weighted by Crippen LogP contribution is 2.24. The number of phenols is 2. The fraction of sp³-hybridized carbons (Fsp3) is 0. The molecule has 8 heteroatoms. The van der Waals surface area contributed by atoms with Gasteiger partial charge in [-0.15, -0.1) is 15.3 Å². The van der Waals surface area contributed by atoms with Gasteiger partial charge in [0.05, 0.1) is 6.21 Å². The summed E-state index contributed by atoms with van der Waals surface area (Å²) in [6, 6.07) is 17.6. The van der Waals surface area contributed by atoms with Gasteiger partial charge in [0.2, 0.25) is 0 Å². The molecule has 0 amide bonds. The van der Waals surface area contributed by atoms with Crippen molar-refractivity contribution in [3.63, 3.8) is 0 Å². The Hall–Kier alpha value is -3.94. The van der Waals surface area contributed by atoms with E-state index in [1.165, 1.54) is 18.3 Å². The van der Waals surface area contributed by atoms with Crippen molar-refractivity contribution < 1.29 is 10.2 Å². The van der Waals surface area contributed by atoms with E-state index in [1.54, 1.807) is 22.7 Å². The highest BCUT2D eigenvalue weighted by atomic mass is 16.3. The van der Waals surface area contributed by atoms with Crippen LogP contribution in [0.25, 0.3) is 17.0 Å². The first-order chi connectivity index (χ1) is 12.7. The van der Waals surface area contributed by atoms with Gasteiger partial charge in [-0.2, -0.15) is 9.62 Å². The topological polar surface area (TPSA) is 108 Å². The highest BCUT2D eigenvalue weighted by Gasteiger charge is 2.09. The van der Waals surface area contributed by atoms with Gasteiger partial charge in [0, 0.05) is 5.56 Å². The Bertz CT molecular complexity index is 1090. The van der Waals surface area contributed by atoms with Crippen LogP contribution in [0.4, 0.5) is 5.82 Å². The second-order valence-corrected chi connectivity index (χ2v) is 5.50. The predicted molar refractivity (Wildman–Crippen MR) is 97.2 cm³/mol. The third-order valence-electron chi connectivity index (χ3n) is 3.69. The van der Waals surface area contributed by atoms with Crippen molar-refractivity contribution in [2.24, 2.45) is 5.10 Å². The van der Waals surface area contributed by atoms with Crippen LogP contribution in [-0.4, -0.2) is 36.2 Å². The van der Waals surface area contributed by atoms with Gasteiger partial charge in [0.1, 0.15) is 0 Å². The van der Waals surface area contributed by atoms with Crippen LogP contribution < -0.4 is 5.43 Å². The van der Waals surface area contributed by atoms with E-state index in [2.05, 4.69) is 25.8 Å². The number of rotatable bonds is 4. The Labute approximate surface area is 148 Å². The summed E-state index contributed by atoms with van der Waals surface area (Å²) in [4.78, 5) is 0. The number of benzene rings is 2. The molecule has 0 fully saturated rings. The van der Waals surface area contributed by atoms with Gasteiger partial charge in [-0.05, 0) is 35.9 Å². The molecule has 2 aromatic heterocycles. The Balaban J connectivity index is 1.59.